The summed E-state index contributed by atoms with van der Waals surface area (Å²) in [6.07, 6.45) is 4.82. The van der Waals surface area contributed by atoms with E-state index in [1.807, 2.05) is 24.6 Å². The summed E-state index contributed by atoms with van der Waals surface area (Å²) in [6, 6.07) is 3.80. The fourth-order valence-corrected chi connectivity index (χ4v) is 3.27. The molecule has 0 saturated heterocycles. The zero-order chi connectivity index (χ0) is 17.1. The number of pyridine rings is 1. The van der Waals surface area contributed by atoms with Crippen molar-refractivity contribution in [2.75, 3.05) is 6.54 Å². The van der Waals surface area contributed by atoms with Crippen LogP contribution in [0.25, 0.3) is 0 Å². The number of amides is 1. The molecule has 24 heavy (non-hydrogen) atoms. The number of nitrogens with zero attached hydrogens (tertiary/aromatic N) is 2. The molecule has 0 radical (unpaired) electrons. The zero-order valence-electron chi connectivity index (χ0n) is 14.3. The van der Waals surface area contributed by atoms with Gasteiger partial charge in [-0.25, -0.2) is 0 Å². The van der Waals surface area contributed by atoms with E-state index in [0.717, 1.165) is 61.3 Å². The number of nitrogens with one attached hydrogen (secondary N) is 2. The van der Waals surface area contributed by atoms with Crippen LogP contribution in [0, 0.1) is 13.8 Å². The summed E-state index contributed by atoms with van der Waals surface area (Å²) in [7, 11) is 0. The van der Waals surface area contributed by atoms with Crippen LogP contribution >= 0.6 is 0 Å². The Bertz CT molecular complexity index is 804. The lowest BCUT2D eigenvalue weighted by Gasteiger charge is -2.16. The molecule has 0 atom stereocenters. The number of H-pyrrole nitrogens is 1. The molecule has 0 unspecified atom stereocenters. The van der Waals surface area contributed by atoms with E-state index < -0.39 is 0 Å². The molecule has 0 fully saturated rings. The first kappa shape index (κ1) is 16.5. The third kappa shape index (κ3) is 3.58. The molecule has 2 heterocycles. The molecule has 0 bridgehead atoms. The number of carbonyl (C=O) groups is 1. The van der Waals surface area contributed by atoms with Crippen LogP contribution in [-0.2, 0) is 19.4 Å². The highest BCUT2D eigenvalue weighted by molar-refractivity contribution is 5.94. The molecule has 0 saturated carbocycles. The number of fused-ring (bicyclic) bond motifs is 1. The molecule has 6 nitrogen and oxygen atoms in total. The van der Waals surface area contributed by atoms with Gasteiger partial charge in [0.2, 0.25) is 0 Å². The molecular formula is C18H24N4O2. The van der Waals surface area contributed by atoms with Crippen molar-refractivity contribution in [1.82, 2.24) is 20.1 Å². The summed E-state index contributed by atoms with van der Waals surface area (Å²) in [5.41, 5.74) is 4.15. The molecule has 6 heteroatoms. The maximum absolute atomic E-state index is 12.3. The van der Waals surface area contributed by atoms with Crippen LogP contribution in [0.2, 0.25) is 0 Å². The Morgan fingerprint density at radius 1 is 1.29 bits per heavy atom. The number of aromatic nitrogens is 3. The average Bonchev–Trinajstić information content (AvgIpc) is 2.88. The summed E-state index contributed by atoms with van der Waals surface area (Å²) in [6.45, 7) is 5.26. The summed E-state index contributed by atoms with van der Waals surface area (Å²) in [5, 5.41) is 7.24. The number of rotatable bonds is 5. The van der Waals surface area contributed by atoms with Gasteiger partial charge in [-0.15, -0.1) is 0 Å². The number of carbonyl (C=O) groups excluding carboxylic acids is 1. The zero-order valence-corrected chi connectivity index (χ0v) is 14.3. The van der Waals surface area contributed by atoms with Crippen LogP contribution in [0.1, 0.15) is 52.3 Å². The van der Waals surface area contributed by atoms with Gasteiger partial charge < -0.3 is 10.3 Å². The van der Waals surface area contributed by atoms with Gasteiger partial charge in [-0.1, -0.05) is 0 Å². The van der Waals surface area contributed by atoms with Gasteiger partial charge >= 0.3 is 0 Å². The van der Waals surface area contributed by atoms with Gasteiger partial charge in [0, 0.05) is 24.5 Å². The maximum atomic E-state index is 12.3. The van der Waals surface area contributed by atoms with Gasteiger partial charge in [-0.2, -0.15) is 5.10 Å². The second-order valence-corrected chi connectivity index (χ2v) is 6.48. The van der Waals surface area contributed by atoms with Crippen molar-refractivity contribution < 1.29 is 4.79 Å². The normalized spacial score (nSPS) is 13.6. The first-order chi connectivity index (χ1) is 11.5. The number of aryl methyl sites for hydroxylation is 5. The largest absolute Gasteiger partial charge is 0.352 e. The Balaban J connectivity index is 1.57. The SMILES string of the molecule is Cc1cc(C)n(CCCNC(=O)c2cc3c([nH]c2=O)CCCC3)n1. The van der Waals surface area contributed by atoms with Crippen molar-refractivity contribution in [2.45, 2.75) is 52.5 Å². The van der Waals surface area contributed by atoms with E-state index in [4.69, 9.17) is 0 Å². The third-order valence-electron chi connectivity index (χ3n) is 4.52. The van der Waals surface area contributed by atoms with Crippen LogP contribution in [-0.4, -0.2) is 27.2 Å². The Labute approximate surface area is 141 Å². The summed E-state index contributed by atoms with van der Waals surface area (Å²) < 4.78 is 1.94. The topological polar surface area (TPSA) is 79.8 Å². The Morgan fingerprint density at radius 3 is 2.83 bits per heavy atom. The van der Waals surface area contributed by atoms with Crippen LogP contribution in [0.4, 0.5) is 0 Å². The first-order valence-corrected chi connectivity index (χ1v) is 8.59. The highest BCUT2D eigenvalue weighted by Gasteiger charge is 2.16. The predicted octanol–water partition coefficient (Wildman–Crippen LogP) is 1.89. The second-order valence-electron chi connectivity index (χ2n) is 6.48. The molecule has 2 aromatic rings. The van der Waals surface area contributed by atoms with E-state index in [2.05, 4.69) is 15.4 Å². The van der Waals surface area contributed by atoms with Gasteiger partial charge in [0.25, 0.3) is 11.5 Å². The van der Waals surface area contributed by atoms with Crippen LogP contribution in [0.3, 0.4) is 0 Å². The smallest absolute Gasteiger partial charge is 0.261 e. The molecule has 0 spiro atoms. The number of hydrogen-bond acceptors (Lipinski definition) is 3. The van der Waals surface area contributed by atoms with E-state index >= 15 is 0 Å². The standard InChI is InChI=1S/C18H24N4O2/c1-12-10-13(2)22(21-12)9-5-8-19-17(23)15-11-14-6-3-4-7-16(14)20-18(15)24/h10-11H,3-9H2,1-2H3,(H,19,23)(H,20,24). The van der Waals surface area contributed by atoms with Gasteiger partial charge in [-0.05, 0) is 63.6 Å². The van der Waals surface area contributed by atoms with Crippen molar-refractivity contribution in [3.05, 3.63) is 50.7 Å². The van der Waals surface area contributed by atoms with E-state index in [-0.39, 0.29) is 17.0 Å². The van der Waals surface area contributed by atoms with E-state index in [0.29, 0.717) is 6.54 Å². The molecule has 1 amide bonds. The highest BCUT2D eigenvalue weighted by atomic mass is 16.2. The van der Waals surface area contributed by atoms with Crippen molar-refractivity contribution in [2.24, 2.45) is 0 Å². The van der Waals surface area contributed by atoms with Crippen molar-refractivity contribution in [3.8, 4) is 0 Å². The van der Waals surface area contributed by atoms with Gasteiger partial charge in [0.1, 0.15) is 5.56 Å². The highest BCUT2D eigenvalue weighted by Crippen LogP contribution is 2.18. The average molecular weight is 328 g/mol. The Morgan fingerprint density at radius 2 is 2.08 bits per heavy atom. The fraction of sp³-hybridized carbons (Fsp3) is 0.500. The molecule has 1 aliphatic rings. The summed E-state index contributed by atoms with van der Waals surface area (Å²) in [4.78, 5) is 27.3. The first-order valence-electron chi connectivity index (χ1n) is 8.59. The molecule has 2 aromatic heterocycles. The van der Waals surface area contributed by atoms with E-state index in [9.17, 15) is 9.59 Å². The molecular weight excluding hydrogens is 304 g/mol. The summed E-state index contributed by atoms with van der Waals surface area (Å²) in [5.74, 6) is -0.294. The minimum absolute atomic E-state index is 0.224. The van der Waals surface area contributed by atoms with E-state index in [1.165, 1.54) is 0 Å². The lowest BCUT2D eigenvalue weighted by molar-refractivity contribution is 0.0951. The monoisotopic (exact) mass is 328 g/mol. The van der Waals surface area contributed by atoms with Crippen LogP contribution in [0.5, 0.6) is 0 Å². The summed E-state index contributed by atoms with van der Waals surface area (Å²) >= 11 is 0. The molecule has 128 valence electrons. The van der Waals surface area contributed by atoms with Crippen molar-refractivity contribution >= 4 is 5.91 Å². The molecule has 1 aliphatic carbocycles. The van der Waals surface area contributed by atoms with Crippen molar-refractivity contribution in [1.29, 1.82) is 0 Å². The minimum Gasteiger partial charge on any atom is -0.352 e. The number of aromatic amines is 1. The lowest BCUT2D eigenvalue weighted by Crippen LogP contribution is -2.32. The van der Waals surface area contributed by atoms with E-state index in [1.54, 1.807) is 6.07 Å². The number of hydrogen-bond donors (Lipinski definition) is 2. The minimum atomic E-state index is -0.294. The van der Waals surface area contributed by atoms with Gasteiger partial charge in [0.15, 0.2) is 0 Å². The van der Waals surface area contributed by atoms with Gasteiger partial charge in [0.05, 0.1) is 5.69 Å². The lowest BCUT2D eigenvalue weighted by atomic mass is 9.95. The molecule has 2 N–H and O–H groups in total. The Kier molecular flexibility index (Phi) is 4.83. The Hall–Kier alpha value is -2.37. The molecule has 0 aromatic carbocycles. The van der Waals surface area contributed by atoms with Crippen molar-refractivity contribution in [3.63, 3.8) is 0 Å². The van der Waals surface area contributed by atoms with Crippen LogP contribution in [0.15, 0.2) is 16.9 Å². The third-order valence-corrected chi connectivity index (χ3v) is 4.52. The predicted molar refractivity (Wildman–Crippen MR) is 92.4 cm³/mol. The second kappa shape index (κ2) is 7.03. The van der Waals surface area contributed by atoms with Crippen LogP contribution < -0.4 is 10.9 Å². The quantitative estimate of drug-likeness (QED) is 0.823. The molecule has 3 rings (SSSR count). The maximum Gasteiger partial charge on any atom is 0.261 e. The van der Waals surface area contributed by atoms with Gasteiger partial charge in [-0.3, -0.25) is 14.3 Å². The molecule has 0 aliphatic heterocycles. The fourth-order valence-electron chi connectivity index (χ4n) is 3.27.